The lowest BCUT2D eigenvalue weighted by Crippen LogP contribution is -2.51. The average molecular weight is 303 g/mol. The highest BCUT2D eigenvalue weighted by molar-refractivity contribution is 7.89. The summed E-state index contributed by atoms with van der Waals surface area (Å²) in [7, 11) is -3.07. The van der Waals surface area contributed by atoms with E-state index in [1.165, 1.54) is 0 Å². The van der Waals surface area contributed by atoms with Gasteiger partial charge >= 0.3 is 0 Å². The maximum absolute atomic E-state index is 12.5. The molecule has 6 heteroatoms. The van der Waals surface area contributed by atoms with Crippen LogP contribution in [0.4, 0.5) is 0 Å². The summed E-state index contributed by atoms with van der Waals surface area (Å²) in [5.74, 6) is 1.26. The van der Waals surface area contributed by atoms with E-state index in [0.29, 0.717) is 30.7 Å². The lowest BCUT2D eigenvalue weighted by molar-refractivity contribution is 0.171. The van der Waals surface area contributed by atoms with E-state index in [9.17, 15) is 8.42 Å². The molecule has 0 aliphatic carbocycles. The summed E-state index contributed by atoms with van der Waals surface area (Å²) >= 11 is 0. The van der Waals surface area contributed by atoms with Crippen molar-refractivity contribution in [3.05, 3.63) is 0 Å². The quantitative estimate of drug-likeness (QED) is 0.808. The molecule has 0 aromatic heterocycles. The SMILES string of the molecule is CC(C)CN1CCN(S(=O)(=O)CC2CCCNC2)CC1. The van der Waals surface area contributed by atoms with Crippen molar-refractivity contribution in [2.45, 2.75) is 26.7 Å². The summed E-state index contributed by atoms with van der Waals surface area (Å²) in [6.45, 7) is 10.4. The number of piperidine rings is 1. The molecule has 1 atom stereocenters. The molecule has 20 heavy (non-hydrogen) atoms. The van der Waals surface area contributed by atoms with Gasteiger partial charge in [0.05, 0.1) is 5.75 Å². The second-order valence-electron chi connectivity index (χ2n) is 6.58. The number of nitrogens with one attached hydrogen (secondary N) is 1. The highest BCUT2D eigenvalue weighted by Crippen LogP contribution is 2.17. The second kappa shape index (κ2) is 7.20. The number of hydrogen-bond acceptors (Lipinski definition) is 4. The zero-order valence-corrected chi connectivity index (χ0v) is 13.7. The van der Waals surface area contributed by atoms with Gasteiger partial charge in [0.15, 0.2) is 0 Å². The molecule has 1 N–H and O–H groups in total. The molecule has 0 aromatic carbocycles. The number of piperazine rings is 1. The molecule has 0 aromatic rings. The first kappa shape index (κ1) is 16.2. The molecule has 118 valence electrons. The summed E-state index contributed by atoms with van der Waals surface area (Å²) in [6, 6.07) is 0. The van der Waals surface area contributed by atoms with Crippen LogP contribution in [-0.2, 0) is 10.0 Å². The van der Waals surface area contributed by atoms with Crippen LogP contribution in [0.3, 0.4) is 0 Å². The third kappa shape index (κ3) is 4.69. The second-order valence-corrected chi connectivity index (χ2v) is 8.60. The van der Waals surface area contributed by atoms with Crippen LogP contribution in [0.1, 0.15) is 26.7 Å². The normalized spacial score (nSPS) is 27.1. The zero-order valence-electron chi connectivity index (χ0n) is 12.8. The molecule has 2 fully saturated rings. The Kier molecular flexibility index (Phi) is 5.84. The third-order valence-electron chi connectivity index (χ3n) is 4.19. The molecule has 2 aliphatic rings. The van der Waals surface area contributed by atoms with Gasteiger partial charge in [0, 0.05) is 32.7 Å². The Labute approximate surface area is 123 Å². The molecular formula is C14H29N3O2S. The predicted molar refractivity (Wildman–Crippen MR) is 82.2 cm³/mol. The van der Waals surface area contributed by atoms with Crippen LogP contribution in [0.5, 0.6) is 0 Å². The summed E-state index contributed by atoms with van der Waals surface area (Å²) in [4.78, 5) is 2.37. The lowest BCUT2D eigenvalue weighted by atomic mass is 10.0. The summed E-state index contributed by atoms with van der Waals surface area (Å²) in [5.41, 5.74) is 0. The van der Waals surface area contributed by atoms with Gasteiger partial charge < -0.3 is 10.2 Å². The highest BCUT2D eigenvalue weighted by Gasteiger charge is 2.29. The molecule has 2 aliphatic heterocycles. The molecule has 0 spiro atoms. The predicted octanol–water partition coefficient (Wildman–Crippen LogP) is 0.589. The van der Waals surface area contributed by atoms with Crippen molar-refractivity contribution in [1.82, 2.24) is 14.5 Å². The fourth-order valence-corrected chi connectivity index (χ4v) is 4.99. The minimum atomic E-state index is -3.07. The van der Waals surface area contributed by atoms with Crippen molar-refractivity contribution in [3.8, 4) is 0 Å². The summed E-state index contributed by atoms with van der Waals surface area (Å²) < 4.78 is 26.6. The van der Waals surface area contributed by atoms with E-state index in [2.05, 4.69) is 24.1 Å². The van der Waals surface area contributed by atoms with Gasteiger partial charge in [-0.3, -0.25) is 0 Å². The zero-order chi connectivity index (χ0) is 14.6. The monoisotopic (exact) mass is 303 g/mol. The van der Waals surface area contributed by atoms with E-state index in [0.717, 1.165) is 45.6 Å². The Morgan fingerprint density at radius 3 is 2.45 bits per heavy atom. The van der Waals surface area contributed by atoms with E-state index >= 15 is 0 Å². The van der Waals surface area contributed by atoms with Crippen LogP contribution >= 0.6 is 0 Å². The molecule has 2 saturated heterocycles. The molecule has 2 heterocycles. The van der Waals surface area contributed by atoms with Crippen LogP contribution in [0.15, 0.2) is 0 Å². The maximum atomic E-state index is 12.5. The minimum Gasteiger partial charge on any atom is -0.316 e. The smallest absolute Gasteiger partial charge is 0.214 e. The standard InChI is InChI=1S/C14H29N3O2S/c1-13(2)11-16-6-8-17(9-7-16)20(18,19)12-14-4-3-5-15-10-14/h13-15H,3-12H2,1-2H3. The molecule has 0 bridgehead atoms. The molecule has 1 unspecified atom stereocenters. The first-order chi connectivity index (χ1) is 9.47. The van der Waals surface area contributed by atoms with Crippen molar-refractivity contribution in [3.63, 3.8) is 0 Å². The third-order valence-corrected chi connectivity index (χ3v) is 6.24. The van der Waals surface area contributed by atoms with Crippen LogP contribution in [0.2, 0.25) is 0 Å². The maximum Gasteiger partial charge on any atom is 0.214 e. The van der Waals surface area contributed by atoms with Gasteiger partial charge in [0.2, 0.25) is 10.0 Å². The fourth-order valence-electron chi connectivity index (χ4n) is 3.18. The molecule has 2 rings (SSSR count). The van der Waals surface area contributed by atoms with E-state index in [1.54, 1.807) is 4.31 Å². The number of sulfonamides is 1. The first-order valence-electron chi connectivity index (χ1n) is 7.88. The Hall–Kier alpha value is -0.170. The number of hydrogen-bond donors (Lipinski definition) is 1. The van der Waals surface area contributed by atoms with Crippen LogP contribution in [0, 0.1) is 11.8 Å². The summed E-state index contributed by atoms with van der Waals surface area (Å²) in [5, 5.41) is 3.30. The Morgan fingerprint density at radius 2 is 1.90 bits per heavy atom. The van der Waals surface area contributed by atoms with Gasteiger partial charge in [-0.05, 0) is 37.8 Å². The molecule has 5 nitrogen and oxygen atoms in total. The molecule has 0 amide bonds. The highest BCUT2D eigenvalue weighted by atomic mass is 32.2. The van der Waals surface area contributed by atoms with Gasteiger partial charge in [0.1, 0.15) is 0 Å². The topological polar surface area (TPSA) is 52.7 Å². The Bertz CT molecular complexity index is 383. The Balaban J connectivity index is 1.82. The van der Waals surface area contributed by atoms with Crippen molar-refractivity contribution >= 4 is 10.0 Å². The Morgan fingerprint density at radius 1 is 1.20 bits per heavy atom. The van der Waals surface area contributed by atoms with E-state index < -0.39 is 10.0 Å². The molecule has 0 saturated carbocycles. The van der Waals surface area contributed by atoms with Crippen LogP contribution < -0.4 is 5.32 Å². The van der Waals surface area contributed by atoms with Crippen molar-refractivity contribution in [2.75, 3.05) is 51.6 Å². The molecular weight excluding hydrogens is 274 g/mol. The largest absolute Gasteiger partial charge is 0.316 e. The van der Waals surface area contributed by atoms with Gasteiger partial charge in [-0.1, -0.05) is 13.8 Å². The van der Waals surface area contributed by atoms with Gasteiger partial charge in [-0.2, -0.15) is 4.31 Å². The van der Waals surface area contributed by atoms with E-state index in [1.807, 2.05) is 0 Å². The first-order valence-corrected chi connectivity index (χ1v) is 9.49. The van der Waals surface area contributed by atoms with Gasteiger partial charge in [0.25, 0.3) is 0 Å². The van der Waals surface area contributed by atoms with Crippen LogP contribution in [-0.4, -0.2) is 69.2 Å². The van der Waals surface area contributed by atoms with Gasteiger partial charge in [-0.15, -0.1) is 0 Å². The van der Waals surface area contributed by atoms with Crippen LogP contribution in [0.25, 0.3) is 0 Å². The average Bonchev–Trinajstić information content (AvgIpc) is 2.39. The van der Waals surface area contributed by atoms with E-state index in [4.69, 9.17) is 0 Å². The van der Waals surface area contributed by atoms with Gasteiger partial charge in [-0.25, -0.2) is 8.42 Å². The number of rotatable bonds is 5. The summed E-state index contributed by atoms with van der Waals surface area (Å²) in [6.07, 6.45) is 2.14. The fraction of sp³-hybridized carbons (Fsp3) is 1.00. The number of nitrogens with zero attached hydrogens (tertiary/aromatic N) is 2. The minimum absolute atomic E-state index is 0.294. The van der Waals surface area contributed by atoms with E-state index in [-0.39, 0.29) is 0 Å². The van der Waals surface area contributed by atoms with Crippen molar-refractivity contribution < 1.29 is 8.42 Å². The lowest BCUT2D eigenvalue weighted by Gasteiger charge is -2.35. The van der Waals surface area contributed by atoms with Crippen molar-refractivity contribution in [2.24, 2.45) is 11.8 Å². The van der Waals surface area contributed by atoms with Crippen molar-refractivity contribution in [1.29, 1.82) is 0 Å². The molecule has 0 radical (unpaired) electrons.